The van der Waals surface area contributed by atoms with Gasteiger partial charge < -0.3 is 10.1 Å². The van der Waals surface area contributed by atoms with Gasteiger partial charge in [-0.15, -0.1) is 11.8 Å². The minimum atomic E-state index is 0.851. The van der Waals surface area contributed by atoms with E-state index in [-0.39, 0.29) is 0 Å². The van der Waals surface area contributed by atoms with Crippen LogP contribution in [0.15, 0.2) is 17.4 Å². The van der Waals surface area contributed by atoms with Gasteiger partial charge in [0, 0.05) is 26.3 Å². The van der Waals surface area contributed by atoms with E-state index in [1.807, 2.05) is 12.3 Å². The second-order valence-electron chi connectivity index (χ2n) is 3.43. The molecule has 0 bridgehead atoms. The lowest BCUT2D eigenvalue weighted by Gasteiger charge is -2.05. The number of methoxy groups -OCH3 is 1. The maximum Gasteiger partial charge on any atom is 0.130 e. The Morgan fingerprint density at radius 1 is 1.31 bits per heavy atom. The summed E-state index contributed by atoms with van der Waals surface area (Å²) in [6, 6.07) is 1.97. The summed E-state index contributed by atoms with van der Waals surface area (Å²) in [5, 5.41) is 4.29. The van der Waals surface area contributed by atoms with Crippen molar-refractivity contribution in [2.24, 2.45) is 0 Å². The summed E-state index contributed by atoms with van der Waals surface area (Å²) in [6.45, 7) is 1.80. The van der Waals surface area contributed by atoms with Gasteiger partial charge in [0.2, 0.25) is 0 Å². The maximum atomic E-state index is 4.99. The van der Waals surface area contributed by atoms with Crippen LogP contribution < -0.4 is 5.32 Å². The molecule has 16 heavy (non-hydrogen) atoms. The van der Waals surface area contributed by atoms with Gasteiger partial charge in [0.25, 0.3) is 0 Å². The molecule has 0 aliphatic carbocycles. The highest BCUT2D eigenvalue weighted by atomic mass is 32.2. The van der Waals surface area contributed by atoms with E-state index < -0.39 is 0 Å². The zero-order valence-corrected chi connectivity index (χ0v) is 10.7. The van der Waals surface area contributed by atoms with Gasteiger partial charge in [0.05, 0.1) is 0 Å². The second-order valence-corrected chi connectivity index (χ2v) is 4.25. The van der Waals surface area contributed by atoms with Gasteiger partial charge >= 0.3 is 0 Å². The zero-order chi connectivity index (χ0) is 11.6. The van der Waals surface area contributed by atoms with E-state index in [1.54, 1.807) is 25.2 Å². The molecule has 0 saturated heterocycles. The fourth-order valence-electron chi connectivity index (χ4n) is 1.31. The number of unbranched alkanes of at least 4 members (excludes halogenated alkanes) is 2. The average molecular weight is 241 g/mol. The van der Waals surface area contributed by atoms with Crippen LogP contribution in [0.25, 0.3) is 0 Å². The molecule has 5 heteroatoms. The van der Waals surface area contributed by atoms with Crippen LogP contribution in [0.3, 0.4) is 0 Å². The summed E-state index contributed by atoms with van der Waals surface area (Å²) in [5.74, 6) is 0.908. The molecule has 1 aromatic rings. The van der Waals surface area contributed by atoms with Crippen LogP contribution in [0.1, 0.15) is 19.3 Å². The number of rotatable bonds is 8. The van der Waals surface area contributed by atoms with Crippen LogP contribution >= 0.6 is 11.8 Å². The van der Waals surface area contributed by atoms with Crippen molar-refractivity contribution >= 4 is 17.6 Å². The third kappa shape index (κ3) is 5.32. The summed E-state index contributed by atoms with van der Waals surface area (Å²) in [7, 11) is 1.74. The molecule has 1 aromatic heterocycles. The SMILES string of the molecule is COCCCCCNc1cc(SC)ncn1. The highest BCUT2D eigenvalue weighted by Gasteiger charge is 1.96. The van der Waals surface area contributed by atoms with Gasteiger partial charge in [0.15, 0.2) is 0 Å². The quantitative estimate of drug-likeness (QED) is 0.430. The fraction of sp³-hybridized carbons (Fsp3) is 0.636. The van der Waals surface area contributed by atoms with Crippen LogP contribution in [-0.4, -0.2) is 36.5 Å². The van der Waals surface area contributed by atoms with Crippen molar-refractivity contribution in [3.8, 4) is 0 Å². The molecule has 1 N–H and O–H groups in total. The van der Waals surface area contributed by atoms with E-state index in [2.05, 4.69) is 15.3 Å². The zero-order valence-electron chi connectivity index (χ0n) is 9.90. The summed E-state index contributed by atoms with van der Waals surface area (Å²) in [6.07, 6.45) is 7.05. The van der Waals surface area contributed by atoms with Crippen LogP contribution in [-0.2, 0) is 4.74 Å². The van der Waals surface area contributed by atoms with Crippen molar-refractivity contribution in [2.45, 2.75) is 24.3 Å². The smallest absolute Gasteiger partial charge is 0.130 e. The highest BCUT2D eigenvalue weighted by molar-refractivity contribution is 7.98. The van der Waals surface area contributed by atoms with Crippen molar-refractivity contribution in [1.82, 2.24) is 9.97 Å². The first-order valence-corrected chi connectivity index (χ1v) is 6.68. The Labute approximate surface area is 101 Å². The number of ether oxygens (including phenoxy) is 1. The molecule has 0 radical (unpaired) electrons. The molecule has 0 aromatic carbocycles. The molecule has 4 nitrogen and oxygen atoms in total. The van der Waals surface area contributed by atoms with Crippen molar-refractivity contribution in [3.63, 3.8) is 0 Å². The van der Waals surface area contributed by atoms with E-state index in [0.29, 0.717) is 0 Å². The molecule has 0 amide bonds. The molecule has 0 atom stereocenters. The van der Waals surface area contributed by atoms with Crippen molar-refractivity contribution in [1.29, 1.82) is 0 Å². The lowest BCUT2D eigenvalue weighted by atomic mass is 10.2. The first-order valence-electron chi connectivity index (χ1n) is 5.45. The Hall–Kier alpha value is -0.810. The number of nitrogens with one attached hydrogen (secondary N) is 1. The predicted molar refractivity (Wildman–Crippen MR) is 68.0 cm³/mol. The summed E-state index contributed by atoms with van der Waals surface area (Å²) >= 11 is 1.63. The molecular formula is C11H19N3OS. The van der Waals surface area contributed by atoms with E-state index >= 15 is 0 Å². The molecule has 0 saturated carbocycles. The first kappa shape index (κ1) is 13.3. The lowest BCUT2D eigenvalue weighted by Crippen LogP contribution is -2.04. The number of nitrogens with zero attached hydrogens (tertiary/aromatic N) is 2. The maximum absolute atomic E-state index is 4.99. The van der Waals surface area contributed by atoms with Crippen molar-refractivity contribution in [2.75, 3.05) is 31.8 Å². The minimum Gasteiger partial charge on any atom is -0.385 e. The van der Waals surface area contributed by atoms with Crippen LogP contribution in [0, 0.1) is 0 Å². The Kier molecular flexibility index (Phi) is 6.92. The van der Waals surface area contributed by atoms with Gasteiger partial charge in [0.1, 0.15) is 17.2 Å². The van der Waals surface area contributed by atoms with E-state index in [9.17, 15) is 0 Å². The van der Waals surface area contributed by atoms with Gasteiger partial charge in [-0.2, -0.15) is 0 Å². The van der Waals surface area contributed by atoms with Crippen LogP contribution in [0.5, 0.6) is 0 Å². The van der Waals surface area contributed by atoms with E-state index in [4.69, 9.17) is 4.74 Å². The monoisotopic (exact) mass is 241 g/mol. The molecule has 0 spiro atoms. The lowest BCUT2D eigenvalue weighted by molar-refractivity contribution is 0.192. The molecule has 1 rings (SSSR count). The number of anilines is 1. The van der Waals surface area contributed by atoms with Crippen LogP contribution in [0.2, 0.25) is 0 Å². The largest absolute Gasteiger partial charge is 0.385 e. The van der Waals surface area contributed by atoms with Crippen molar-refractivity contribution < 1.29 is 4.74 Å². The standard InChI is InChI=1S/C11H19N3OS/c1-15-7-5-3-4-6-12-10-8-11(16-2)14-9-13-10/h8-9H,3-7H2,1-2H3,(H,12,13,14). The Bertz CT molecular complexity index is 296. The van der Waals surface area contributed by atoms with Gasteiger partial charge in [-0.25, -0.2) is 9.97 Å². The Balaban J connectivity index is 2.16. The highest BCUT2D eigenvalue weighted by Crippen LogP contribution is 2.13. The summed E-state index contributed by atoms with van der Waals surface area (Å²) in [5.41, 5.74) is 0. The predicted octanol–water partition coefficient (Wildman–Crippen LogP) is 2.43. The molecular weight excluding hydrogens is 222 g/mol. The first-order chi connectivity index (χ1) is 7.86. The topological polar surface area (TPSA) is 47.0 Å². The number of thioether (sulfide) groups is 1. The molecule has 0 aliphatic rings. The average Bonchev–Trinajstić information content (AvgIpc) is 2.34. The number of hydrogen-bond donors (Lipinski definition) is 1. The van der Waals surface area contributed by atoms with Gasteiger partial charge in [-0.05, 0) is 25.5 Å². The van der Waals surface area contributed by atoms with E-state index in [1.165, 1.54) is 6.42 Å². The number of hydrogen-bond acceptors (Lipinski definition) is 5. The molecule has 1 heterocycles. The molecule has 0 fully saturated rings. The number of aromatic nitrogens is 2. The summed E-state index contributed by atoms with van der Waals surface area (Å²) < 4.78 is 4.99. The normalized spacial score (nSPS) is 10.4. The van der Waals surface area contributed by atoms with E-state index in [0.717, 1.165) is 36.8 Å². The van der Waals surface area contributed by atoms with Crippen molar-refractivity contribution in [3.05, 3.63) is 12.4 Å². The van der Waals surface area contributed by atoms with Gasteiger partial charge in [-0.3, -0.25) is 0 Å². The molecule has 0 aliphatic heterocycles. The minimum absolute atomic E-state index is 0.851. The molecule has 0 unspecified atom stereocenters. The fourth-order valence-corrected chi connectivity index (χ4v) is 1.69. The van der Waals surface area contributed by atoms with Gasteiger partial charge in [-0.1, -0.05) is 0 Å². The Morgan fingerprint density at radius 3 is 2.94 bits per heavy atom. The van der Waals surface area contributed by atoms with Crippen LogP contribution in [0.4, 0.5) is 5.82 Å². The third-order valence-corrected chi connectivity index (χ3v) is 2.82. The third-order valence-electron chi connectivity index (χ3n) is 2.18. The summed E-state index contributed by atoms with van der Waals surface area (Å²) in [4.78, 5) is 8.28. The second kappa shape index (κ2) is 8.35. The Morgan fingerprint density at radius 2 is 2.19 bits per heavy atom. The molecule has 90 valence electrons.